The van der Waals surface area contributed by atoms with Crippen molar-refractivity contribution in [1.82, 2.24) is 0 Å². The molecule has 1 aromatic rings. The third kappa shape index (κ3) is 2.80. The lowest BCUT2D eigenvalue weighted by Gasteiger charge is -2.16. The highest BCUT2D eigenvalue weighted by Crippen LogP contribution is 2.21. The number of aliphatic hydroxyl groups is 1. The van der Waals surface area contributed by atoms with Crippen LogP contribution in [0.25, 0.3) is 0 Å². The Morgan fingerprint density at radius 3 is 2.56 bits per heavy atom. The second-order valence-corrected chi connectivity index (χ2v) is 4.43. The number of Topliss-reactive ketones (excluding diaryl/α,β-unsaturated/α-hetero) is 1. The van der Waals surface area contributed by atoms with Crippen molar-refractivity contribution in [2.24, 2.45) is 11.8 Å². The van der Waals surface area contributed by atoms with Gasteiger partial charge in [0.05, 0.1) is 11.6 Å². The molecular weight excluding hydrogens is 231 g/mol. The van der Waals surface area contributed by atoms with Gasteiger partial charge < -0.3 is 5.11 Å². The maximum absolute atomic E-state index is 12.9. The lowest BCUT2D eigenvalue weighted by Crippen LogP contribution is -2.24. The summed E-state index contributed by atoms with van der Waals surface area (Å²) >= 11 is 5.60. The van der Waals surface area contributed by atoms with Crippen LogP contribution in [-0.4, -0.2) is 17.5 Å². The van der Waals surface area contributed by atoms with Gasteiger partial charge in [0.15, 0.2) is 5.78 Å². The highest BCUT2D eigenvalue weighted by molar-refractivity contribution is 6.31. The number of benzene rings is 1. The largest absolute Gasteiger partial charge is 0.396 e. The molecule has 0 radical (unpaired) electrons. The van der Waals surface area contributed by atoms with Gasteiger partial charge in [-0.25, -0.2) is 4.39 Å². The molecule has 0 spiro atoms. The van der Waals surface area contributed by atoms with Crippen LogP contribution in [0, 0.1) is 17.7 Å². The molecule has 1 rings (SSSR count). The number of rotatable bonds is 4. The highest BCUT2D eigenvalue weighted by atomic mass is 35.5. The normalized spacial score (nSPS) is 12.9. The molecule has 0 amide bonds. The zero-order chi connectivity index (χ0) is 12.3. The molecule has 1 unspecified atom stereocenters. The third-order valence-electron chi connectivity index (χ3n) is 2.54. The van der Waals surface area contributed by atoms with Gasteiger partial charge in [-0.05, 0) is 24.1 Å². The lowest BCUT2D eigenvalue weighted by molar-refractivity contribution is 0.0807. The van der Waals surface area contributed by atoms with E-state index in [9.17, 15) is 9.18 Å². The second-order valence-electron chi connectivity index (χ2n) is 4.03. The Kier molecular flexibility index (Phi) is 4.44. The summed E-state index contributed by atoms with van der Waals surface area (Å²) in [6, 6.07) is 3.84. The topological polar surface area (TPSA) is 37.3 Å². The summed E-state index contributed by atoms with van der Waals surface area (Å²) < 4.78 is 12.9. The van der Waals surface area contributed by atoms with E-state index in [0.29, 0.717) is 5.56 Å². The fourth-order valence-corrected chi connectivity index (χ4v) is 1.64. The van der Waals surface area contributed by atoms with E-state index < -0.39 is 11.7 Å². The molecule has 0 fully saturated rings. The molecule has 1 aromatic carbocycles. The number of aliphatic hydroxyl groups excluding tert-OH is 1. The molecule has 0 aliphatic carbocycles. The number of hydrogen-bond donors (Lipinski definition) is 1. The average molecular weight is 245 g/mol. The summed E-state index contributed by atoms with van der Waals surface area (Å²) in [5.41, 5.74) is 0.333. The quantitative estimate of drug-likeness (QED) is 0.827. The lowest BCUT2D eigenvalue weighted by atomic mass is 9.89. The fourth-order valence-electron chi connectivity index (χ4n) is 1.46. The van der Waals surface area contributed by atoms with Gasteiger partial charge in [-0.3, -0.25) is 4.79 Å². The van der Waals surface area contributed by atoms with Crippen molar-refractivity contribution in [3.8, 4) is 0 Å². The van der Waals surface area contributed by atoms with Crippen molar-refractivity contribution < 1.29 is 14.3 Å². The van der Waals surface area contributed by atoms with E-state index in [1.54, 1.807) is 0 Å². The van der Waals surface area contributed by atoms with E-state index in [4.69, 9.17) is 16.7 Å². The maximum Gasteiger partial charge on any atom is 0.168 e. The molecule has 1 atom stereocenters. The van der Waals surface area contributed by atoms with Crippen molar-refractivity contribution in [2.75, 3.05) is 6.61 Å². The van der Waals surface area contributed by atoms with Gasteiger partial charge in [-0.2, -0.15) is 0 Å². The zero-order valence-corrected chi connectivity index (χ0v) is 9.96. The molecular formula is C12H14ClFO2. The monoisotopic (exact) mass is 244 g/mol. The van der Waals surface area contributed by atoms with Gasteiger partial charge >= 0.3 is 0 Å². The van der Waals surface area contributed by atoms with Crippen LogP contribution in [-0.2, 0) is 0 Å². The molecule has 0 bridgehead atoms. The number of halogens is 2. The summed E-state index contributed by atoms with van der Waals surface area (Å²) in [6.45, 7) is 3.49. The first-order chi connectivity index (χ1) is 7.47. The Labute approximate surface area is 99.0 Å². The molecule has 2 nitrogen and oxygen atoms in total. The second kappa shape index (κ2) is 5.41. The molecule has 0 saturated carbocycles. The Hall–Kier alpha value is -0.930. The van der Waals surface area contributed by atoms with E-state index in [1.807, 2.05) is 13.8 Å². The number of carbonyl (C=O) groups excluding carboxylic acids is 1. The van der Waals surface area contributed by atoms with Gasteiger partial charge in [-0.15, -0.1) is 0 Å². The number of carbonyl (C=O) groups is 1. The third-order valence-corrected chi connectivity index (χ3v) is 2.83. The first-order valence-electron chi connectivity index (χ1n) is 5.07. The summed E-state index contributed by atoms with van der Waals surface area (Å²) in [5.74, 6) is -1.20. The van der Waals surface area contributed by atoms with Crippen LogP contribution in [0.3, 0.4) is 0 Å². The molecule has 1 N–H and O–H groups in total. The van der Waals surface area contributed by atoms with Gasteiger partial charge in [0.25, 0.3) is 0 Å². The number of hydrogen-bond acceptors (Lipinski definition) is 2. The Balaban J connectivity index is 2.99. The van der Waals surface area contributed by atoms with E-state index in [-0.39, 0.29) is 23.3 Å². The fraction of sp³-hybridized carbons (Fsp3) is 0.417. The van der Waals surface area contributed by atoms with E-state index in [0.717, 1.165) is 6.07 Å². The molecule has 4 heteroatoms. The Morgan fingerprint density at radius 2 is 2.12 bits per heavy atom. The molecule has 0 aromatic heterocycles. The van der Waals surface area contributed by atoms with Crippen LogP contribution < -0.4 is 0 Å². The van der Waals surface area contributed by atoms with Gasteiger partial charge in [0, 0.05) is 11.5 Å². The van der Waals surface area contributed by atoms with E-state index >= 15 is 0 Å². The molecule has 0 saturated heterocycles. The van der Waals surface area contributed by atoms with Gasteiger partial charge in [0.2, 0.25) is 0 Å². The van der Waals surface area contributed by atoms with E-state index in [1.165, 1.54) is 12.1 Å². The minimum atomic E-state index is -0.552. The smallest absolute Gasteiger partial charge is 0.168 e. The average Bonchev–Trinajstić information content (AvgIpc) is 2.22. The van der Waals surface area contributed by atoms with Crippen molar-refractivity contribution in [3.63, 3.8) is 0 Å². The summed E-state index contributed by atoms with van der Waals surface area (Å²) in [7, 11) is 0. The van der Waals surface area contributed by atoms with Crippen molar-refractivity contribution in [1.29, 1.82) is 0 Å². The predicted octanol–water partition coefficient (Wildman–Crippen LogP) is 2.93. The predicted molar refractivity (Wildman–Crippen MR) is 61.2 cm³/mol. The van der Waals surface area contributed by atoms with Crippen LogP contribution in [0.1, 0.15) is 24.2 Å². The van der Waals surface area contributed by atoms with Crippen LogP contribution in [0.4, 0.5) is 4.39 Å². The zero-order valence-electron chi connectivity index (χ0n) is 9.21. The van der Waals surface area contributed by atoms with Crippen molar-refractivity contribution in [3.05, 3.63) is 34.6 Å². The van der Waals surface area contributed by atoms with Crippen LogP contribution in [0.2, 0.25) is 5.02 Å². The van der Waals surface area contributed by atoms with Gasteiger partial charge in [-0.1, -0.05) is 25.4 Å². The molecule has 0 heterocycles. The van der Waals surface area contributed by atoms with Crippen molar-refractivity contribution in [2.45, 2.75) is 13.8 Å². The SMILES string of the molecule is CC(C)C(CO)C(=O)c1ccc(F)c(Cl)c1. The van der Waals surface area contributed by atoms with Gasteiger partial charge in [0.1, 0.15) is 5.82 Å². The molecule has 16 heavy (non-hydrogen) atoms. The minimum absolute atomic E-state index is 0.0290. The summed E-state index contributed by atoms with van der Waals surface area (Å²) in [6.07, 6.45) is 0. The first-order valence-corrected chi connectivity index (χ1v) is 5.45. The first kappa shape index (κ1) is 13.1. The molecule has 0 aliphatic heterocycles. The minimum Gasteiger partial charge on any atom is -0.396 e. The highest BCUT2D eigenvalue weighted by Gasteiger charge is 2.23. The van der Waals surface area contributed by atoms with Crippen LogP contribution >= 0.6 is 11.6 Å². The summed E-state index contributed by atoms with van der Waals surface area (Å²) in [4.78, 5) is 11.9. The Morgan fingerprint density at radius 1 is 1.50 bits per heavy atom. The Bertz CT molecular complexity index is 391. The van der Waals surface area contributed by atoms with Crippen molar-refractivity contribution >= 4 is 17.4 Å². The van der Waals surface area contributed by atoms with E-state index in [2.05, 4.69) is 0 Å². The number of ketones is 1. The summed E-state index contributed by atoms with van der Waals surface area (Å²) in [5, 5.41) is 9.05. The maximum atomic E-state index is 12.9. The molecule has 88 valence electrons. The van der Waals surface area contributed by atoms with Crippen LogP contribution in [0.15, 0.2) is 18.2 Å². The molecule has 0 aliphatic rings. The van der Waals surface area contributed by atoms with Crippen LogP contribution in [0.5, 0.6) is 0 Å². The standard InChI is InChI=1S/C12H14ClFO2/c1-7(2)9(6-15)12(16)8-3-4-11(14)10(13)5-8/h3-5,7,9,15H,6H2,1-2H3.